The molecule has 0 aliphatic heterocycles. The van der Waals surface area contributed by atoms with Crippen LogP contribution in [0.5, 0.6) is 0 Å². The number of hydrogen-bond acceptors (Lipinski definition) is 2. The summed E-state index contributed by atoms with van der Waals surface area (Å²) in [5.74, 6) is 0. The zero-order valence-corrected chi connectivity index (χ0v) is 33.7. The molecule has 0 atom stereocenters. The minimum Gasteiger partial charge on any atom is -0.423 e. The molecule has 0 aliphatic rings. The fourth-order valence-corrected chi connectivity index (χ4v) is 8.09. The third-order valence-corrected chi connectivity index (χ3v) is 11.5. The number of fused-ring (bicyclic) bond motifs is 4. The van der Waals surface area contributed by atoms with Crippen LogP contribution in [0.2, 0.25) is 0 Å². The van der Waals surface area contributed by atoms with Crippen molar-refractivity contribution in [1.29, 1.82) is 0 Å². The van der Waals surface area contributed by atoms with Gasteiger partial charge in [0.05, 0.1) is 0 Å². The Morgan fingerprint density at radius 1 is 0.396 bits per heavy atom. The molecule has 8 heteroatoms. The fourth-order valence-electron chi connectivity index (χ4n) is 5.82. The lowest BCUT2D eigenvalue weighted by atomic mass is 9.74. The highest BCUT2D eigenvalue weighted by atomic mass is 127. The third-order valence-electron chi connectivity index (χ3n) is 7.97. The van der Waals surface area contributed by atoms with E-state index in [2.05, 4.69) is 171 Å². The molecule has 48 heavy (non-hydrogen) atoms. The molecule has 0 aromatic heterocycles. The second-order valence-electron chi connectivity index (χ2n) is 10.9. The number of halogens is 5. The van der Waals surface area contributed by atoms with Gasteiger partial charge in [-0.25, -0.2) is 0 Å². The highest BCUT2D eigenvalue weighted by Crippen LogP contribution is 2.41. The Morgan fingerprint density at radius 2 is 0.708 bits per heavy atom. The van der Waals surface area contributed by atoms with Gasteiger partial charge in [-0.15, -0.1) is 0 Å². The average Bonchev–Trinajstić information content (AvgIpc) is 3.11. The van der Waals surface area contributed by atoms with Gasteiger partial charge in [-0.1, -0.05) is 141 Å². The van der Waals surface area contributed by atoms with E-state index in [1.54, 1.807) is 0 Å². The second kappa shape index (κ2) is 16.0. The van der Waals surface area contributed by atoms with Gasteiger partial charge < -0.3 is 10.0 Å². The van der Waals surface area contributed by atoms with Gasteiger partial charge in [-0.2, -0.15) is 0 Å². The van der Waals surface area contributed by atoms with E-state index in [0.29, 0.717) is 5.46 Å². The van der Waals surface area contributed by atoms with Gasteiger partial charge in [0.15, 0.2) is 0 Å². The molecule has 0 fully saturated rings. The summed E-state index contributed by atoms with van der Waals surface area (Å²) in [7, 11) is -1.48. The van der Waals surface area contributed by atoms with Gasteiger partial charge in [0, 0.05) is 21.5 Å². The van der Waals surface area contributed by atoms with Crippen LogP contribution in [0, 0.1) is 3.57 Å². The van der Waals surface area contributed by atoms with Crippen molar-refractivity contribution >= 4 is 142 Å². The van der Waals surface area contributed by atoms with Gasteiger partial charge in [-0.3, -0.25) is 0 Å². The SMILES string of the molecule is Brc1ccc(-c2c3ccccc3c(Br)c3ccccc23)cc1.Brc1ccc(I)cc1.OB(O)c1c2ccccc2c(Br)c2ccccc12. The van der Waals surface area contributed by atoms with Gasteiger partial charge in [0.25, 0.3) is 0 Å². The molecule has 8 rings (SSSR count). The van der Waals surface area contributed by atoms with Crippen molar-refractivity contribution in [3.63, 3.8) is 0 Å². The first-order valence-electron chi connectivity index (χ1n) is 15.0. The molecule has 0 amide bonds. The van der Waals surface area contributed by atoms with Crippen LogP contribution in [0.4, 0.5) is 0 Å². The lowest BCUT2D eigenvalue weighted by Crippen LogP contribution is -2.31. The monoisotopic (exact) mass is 992 g/mol. The van der Waals surface area contributed by atoms with Crippen molar-refractivity contribution in [1.82, 2.24) is 0 Å². The Hall–Kier alpha value is -2.57. The summed E-state index contributed by atoms with van der Waals surface area (Å²) in [6.07, 6.45) is 0. The fraction of sp³-hybridized carbons (Fsp3) is 0. The van der Waals surface area contributed by atoms with Crippen LogP contribution >= 0.6 is 86.3 Å². The van der Waals surface area contributed by atoms with Gasteiger partial charge in [0.1, 0.15) is 0 Å². The van der Waals surface area contributed by atoms with Crippen molar-refractivity contribution in [2.24, 2.45) is 0 Å². The molecular formula is C40H26BBr4IO2. The normalized spacial score (nSPS) is 10.8. The summed E-state index contributed by atoms with van der Waals surface area (Å²) in [6.45, 7) is 0. The van der Waals surface area contributed by atoms with Crippen LogP contribution in [-0.4, -0.2) is 17.2 Å². The van der Waals surface area contributed by atoms with Crippen molar-refractivity contribution in [3.8, 4) is 11.1 Å². The summed E-state index contributed by atoms with van der Waals surface area (Å²) < 4.78 is 5.66. The molecule has 0 heterocycles. The molecule has 0 saturated carbocycles. The van der Waals surface area contributed by atoms with E-state index in [0.717, 1.165) is 35.0 Å². The summed E-state index contributed by atoms with van der Waals surface area (Å²) in [5, 5.41) is 28.0. The number of rotatable bonds is 2. The Bertz CT molecular complexity index is 2250. The maximum atomic E-state index is 9.65. The molecular weight excluding hydrogens is 970 g/mol. The van der Waals surface area contributed by atoms with Crippen molar-refractivity contribution in [2.45, 2.75) is 0 Å². The van der Waals surface area contributed by atoms with E-state index in [1.807, 2.05) is 60.7 Å². The molecule has 2 N–H and O–H groups in total. The third kappa shape index (κ3) is 7.60. The van der Waals surface area contributed by atoms with Crippen LogP contribution in [0.3, 0.4) is 0 Å². The van der Waals surface area contributed by atoms with Crippen molar-refractivity contribution in [2.75, 3.05) is 0 Å². The van der Waals surface area contributed by atoms with E-state index >= 15 is 0 Å². The standard InChI is InChI=1S/C20H12Br2.C14H10BBrO2.C6H4BrI/c21-14-11-9-13(10-12-14)19-15-5-1-3-7-17(15)20(22)18-8-4-2-6-16(18)19;16-14-11-7-3-1-5-9(11)13(15(17)18)10-6-2-4-8-12(10)14;7-5-1-3-6(8)4-2-5/h1-12H;1-8,17-18H;1-4H. The Labute approximate surface area is 327 Å². The zero-order valence-electron chi connectivity index (χ0n) is 25.2. The first-order valence-corrected chi connectivity index (χ1v) is 19.2. The van der Waals surface area contributed by atoms with Crippen LogP contribution in [0.1, 0.15) is 0 Å². The molecule has 8 aromatic carbocycles. The van der Waals surface area contributed by atoms with Crippen LogP contribution in [-0.2, 0) is 0 Å². The van der Waals surface area contributed by atoms with E-state index in [1.165, 1.54) is 40.7 Å². The lowest BCUT2D eigenvalue weighted by Gasteiger charge is -2.14. The average molecular weight is 996 g/mol. The van der Waals surface area contributed by atoms with E-state index in [9.17, 15) is 10.0 Å². The molecule has 0 aliphatic carbocycles. The first-order chi connectivity index (χ1) is 23.2. The Morgan fingerprint density at radius 3 is 1.06 bits per heavy atom. The molecule has 0 saturated heterocycles. The minimum absolute atomic E-state index is 0.560. The topological polar surface area (TPSA) is 40.5 Å². The van der Waals surface area contributed by atoms with Gasteiger partial charge >= 0.3 is 7.12 Å². The molecule has 0 unspecified atom stereocenters. The van der Waals surface area contributed by atoms with Gasteiger partial charge in [-0.05, 0) is 151 Å². The summed E-state index contributed by atoms with van der Waals surface area (Å²) in [5.41, 5.74) is 3.09. The number of hydrogen-bond donors (Lipinski definition) is 2. The Balaban J connectivity index is 0.000000138. The quantitative estimate of drug-likeness (QED) is 0.103. The van der Waals surface area contributed by atoms with Crippen molar-refractivity contribution < 1.29 is 10.0 Å². The lowest BCUT2D eigenvalue weighted by molar-refractivity contribution is 0.426. The minimum atomic E-state index is -1.48. The highest BCUT2D eigenvalue weighted by molar-refractivity contribution is 14.1. The largest absolute Gasteiger partial charge is 0.489 e. The molecule has 2 nitrogen and oxygen atoms in total. The molecule has 0 radical (unpaired) electrons. The highest BCUT2D eigenvalue weighted by Gasteiger charge is 2.20. The van der Waals surface area contributed by atoms with Crippen LogP contribution < -0.4 is 5.46 Å². The summed E-state index contributed by atoms with van der Waals surface area (Å²) in [4.78, 5) is 0. The smallest absolute Gasteiger partial charge is 0.423 e. The first kappa shape index (κ1) is 35.3. The van der Waals surface area contributed by atoms with E-state index in [-0.39, 0.29) is 0 Å². The van der Waals surface area contributed by atoms with Crippen molar-refractivity contribution in [3.05, 3.63) is 167 Å². The predicted molar refractivity (Wildman–Crippen MR) is 228 cm³/mol. The summed E-state index contributed by atoms with van der Waals surface area (Å²) in [6, 6.07) is 49.3. The zero-order chi connectivity index (χ0) is 33.8. The van der Waals surface area contributed by atoms with Crippen LogP contribution in [0.25, 0.3) is 54.2 Å². The second-order valence-corrected chi connectivity index (χ2v) is 15.6. The summed E-state index contributed by atoms with van der Waals surface area (Å²) >= 11 is 16.5. The predicted octanol–water partition coefficient (Wildman–Crippen LogP) is 12.7. The maximum Gasteiger partial charge on any atom is 0.489 e. The van der Waals surface area contributed by atoms with E-state index in [4.69, 9.17) is 0 Å². The molecule has 8 aromatic rings. The molecule has 0 bridgehead atoms. The Kier molecular flexibility index (Phi) is 11.7. The number of benzene rings is 8. The van der Waals surface area contributed by atoms with Gasteiger partial charge in [0.2, 0.25) is 0 Å². The van der Waals surface area contributed by atoms with E-state index < -0.39 is 7.12 Å². The maximum absolute atomic E-state index is 9.65. The van der Waals surface area contributed by atoms with Crippen LogP contribution in [0.15, 0.2) is 163 Å². The molecule has 236 valence electrons. The molecule has 0 spiro atoms.